The second-order valence-electron chi connectivity index (χ2n) is 6.54. The van der Waals surface area contributed by atoms with Gasteiger partial charge in [0, 0.05) is 19.0 Å². The van der Waals surface area contributed by atoms with E-state index in [1.54, 1.807) is 0 Å². The SMILES string of the molecule is O=C(COc1ccccc1)N1Cc2ccccc2[C@@H](c2ccccc2)C1. The normalized spacial score (nSPS) is 16.0. The summed E-state index contributed by atoms with van der Waals surface area (Å²) in [5, 5.41) is 0. The number of fused-ring (bicyclic) bond motifs is 1. The lowest BCUT2D eigenvalue weighted by atomic mass is 9.84. The molecule has 1 heterocycles. The van der Waals surface area contributed by atoms with E-state index in [1.165, 1.54) is 16.7 Å². The third-order valence-corrected chi connectivity index (χ3v) is 4.85. The largest absolute Gasteiger partial charge is 0.484 e. The second kappa shape index (κ2) is 7.44. The van der Waals surface area contributed by atoms with Crippen LogP contribution in [0.3, 0.4) is 0 Å². The van der Waals surface area contributed by atoms with Crippen LogP contribution in [-0.2, 0) is 11.3 Å². The maximum absolute atomic E-state index is 12.8. The Hall–Kier alpha value is -3.07. The molecule has 0 bridgehead atoms. The van der Waals surface area contributed by atoms with Crippen molar-refractivity contribution in [1.29, 1.82) is 0 Å². The summed E-state index contributed by atoms with van der Waals surface area (Å²) >= 11 is 0. The van der Waals surface area contributed by atoms with Crippen molar-refractivity contribution in [3.8, 4) is 5.75 Å². The highest BCUT2D eigenvalue weighted by molar-refractivity contribution is 5.78. The monoisotopic (exact) mass is 343 g/mol. The van der Waals surface area contributed by atoms with Gasteiger partial charge < -0.3 is 9.64 Å². The van der Waals surface area contributed by atoms with E-state index >= 15 is 0 Å². The molecular weight excluding hydrogens is 322 g/mol. The summed E-state index contributed by atoms with van der Waals surface area (Å²) in [4.78, 5) is 14.7. The standard InChI is InChI=1S/C23H21NO2/c25-23(17-26-20-12-5-2-6-13-20)24-15-19-11-7-8-14-21(19)22(16-24)18-9-3-1-4-10-18/h1-14,22H,15-17H2/t22-/m1/s1. The smallest absolute Gasteiger partial charge is 0.260 e. The van der Waals surface area contributed by atoms with Crippen LogP contribution >= 0.6 is 0 Å². The third kappa shape index (κ3) is 3.47. The average Bonchev–Trinajstić information content (AvgIpc) is 2.72. The van der Waals surface area contributed by atoms with E-state index in [4.69, 9.17) is 4.74 Å². The molecule has 0 aliphatic carbocycles. The molecule has 3 aromatic rings. The Morgan fingerprint density at radius 1 is 0.885 bits per heavy atom. The van der Waals surface area contributed by atoms with Gasteiger partial charge in [0.1, 0.15) is 5.75 Å². The van der Waals surface area contributed by atoms with Crippen LogP contribution in [0.4, 0.5) is 0 Å². The first-order valence-electron chi connectivity index (χ1n) is 8.89. The fourth-order valence-corrected chi connectivity index (χ4v) is 3.52. The van der Waals surface area contributed by atoms with E-state index in [-0.39, 0.29) is 18.4 Å². The van der Waals surface area contributed by atoms with Crippen molar-refractivity contribution in [3.63, 3.8) is 0 Å². The fourth-order valence-electron chi connectivity index (χ4n) is 3.52. The molecule has 4 rings (SSSR count). The molecule has 0 N–H and O–H groups in total. The number of para-hydroxylation sites is 1. The van der Waals surface area contributed by atoms with E-state index < -0.39 is 0 Å². The molecule has 0 radical (unpaired) electrons. The molecule has 1 aliphatic rings. The Kier molecular flexibility index (Phi) is 4.69. The van der Waals surface area contributed by atoms with Gasteiger partial charge in [-0.1, -0.05) is 72.8 Å². The van der Waals surface area contributed by atoms with Crippen LogP contribution in [-0.4, -0.2) is 24.0 Å². The number of benzene rings is 3. The molecule has 0 unspecified atom stereocenters. The van der Waals surface area contributed by atoms with Crippen LogP contribution in [0.15, 0.2) is 84.9 Å². The highest BCUT2D eigenvalue weighted by Gasteiger charge is 2.29. The molecule has 3 aromatic carbocycles. The molecule has 0 aromatic heterocycles. The summed E-state index contributed by atoms with van der Waals surface area (Å²) in [6, 6.07) is 28.3. The van der Waals surface area contributed by atoms with Crippen LogP contribution in [0.2, 0.25) is 0 Å². The predicted molar refractivity (Wildman–Crippen MR) is 102 cm³/mol. The minimum absolute atomic E-state index is 0.0179. The molecule has 0 saturated carbocycles. The van der Waals surface area contributed by atoms with Gasteiger partial charge in [0.15, 0.2) is 6.61 Å². The van der Waals surface area contributed by atoms with E-state index in [0.717, 1.165) is 5.75 Å². The van der Waals surface area contributed by atoms with Crippen molar-refractivity contribution in [1.82, 2.24) is 4.90 Å². The lowest BCUT2D eigenvalue weighted by Gasteiger charge is -2.35. The molecule has 1 aliphatic heterocycles. The van der Waals surface area contributed by atoms with Gasteiger partial charge in [-0.2, -0.15) is 0 Å². The number of ether oxygens (including phenoxy) is 1. The van der Waals surface area contributed by atoms with Crippen LogP contribution in [0.5, 0.6) is 5.75 Å². The Morgan fingerprint density at radius 2 is 1.54 bits per heavy atom. The van der Waals surface area contributed by atoms with Gasteiger partial charge >= 0.3 is 0 Å². The van der Waals surface area contributed by atoms with Crippen LogP contribution in [0, 0.1) is 0 Å². The Labute approximate surface area is 153 Å². The summed E-state index contributed by atoms with van der Waals surface area (Å²) < 4.78 is 5.66. The fraction of sp³-hybridized carbons (Fsp3) is 0.174. The first kappa shape index (κ1) is 16.4. The van der Waals surface area contributed by atoms with Crippen molar-refractivity contribution in [2.75, 3.05) is 13.2 Å². The van der Waals surface area contributed by atoms with Gasteiger partial charge in [-0.05, 0) is 28.8 Å². The Morgan fingerprint density at radius 3 is 2.31 bits per heavy atom. The molecule has 0 saturated heterocycles. The van der Waals surface area contributed by atoms with Crippen molar-refractivity contribution in [2.24, 2.45) is 0 Å². The van der Waals surface area contributed by atoms with E-state index in [1.807, 2.05) is 47.4 Å². The van der Waals surface area contributed by atoms with Crippen molar-refractivity contribution < 1.29 is 9.53 Å². The molecule has 3 heteroatoms. The average molecular weight is 343 g/mol. The molecule has 0 fully saturated rings. The molecule has 130 valence electrons. The maximum atomic E-state index is 12.8. The van der Waals surface area contributed by atoms with Gasteiger partial charge in [-0.15, -0.1) is 0 Å². The maximum Gasteiger partial charge on any atom is 0.260 e. The first-order chi connectivity index (χ1) is 12.8. The number of nitrogens with zero attached hydrogens (tertiary/aromatic N) is 1. The van der Waals surface area contributed by atoms with Crippen molar-refractivity contribution in [2.45, 2.75) is 12.5 Å². The van der Waals surface area contributed by atoms with Gasteiger partial charge in [0.05, 0.1) is 0 Å². The van der Waals surface area contributed by atoms with Crippen LogP contribution in [0.1, 0.15) is 22.6 Å². The third-order valence-electron chi connectivity index (χ3n) is 4.85. The van der Waals surface area contributed by atoms with Crippen molar-refractivity contribution >= 4 is 5.91 Å². The highest BCUT2D eigenvalue weighted by atomic mass is 16.5. The van der Waals surface area contributed by atoms with Gasteiger partial charge in [-0.3, -0.25) is 4.79 Å². The number of hydrogen-bond donors (Lipinski definition) is 0. The second-order valence-corrected chi connectivity index (χ2v) is 6.54. The predicted octanol–water partition coefficient (Wildman–Crippen LogP) is 4.24. The number of carbonyl (C=O) groups excluding carboxylic acids is 1. The molecular formula is C23H21NO2. The zero-order chi connectivity index (χ0) is 17.8. The summed E-state index contributed by atoms with van der Waals surface area (Å²) in [7, 11) is 0. The summed E-state index contributed by atoms with van der Waals surface area (Å²) in [6.07, 6.45) is 0. The summed E-state index contributed by atoms with van der Waals surface area (Å²) in [6.45, 7) is 1.38. The topological polar surface area (TPSA) is 29.5 Å². The molecule has 1 amide bonds. The van der Waals surface area contributed by atoms with Gasteiger partial charge in [0.2, 0.25) is 0 Å². The lowest BCUT2D eigenvalue weighted by Crippen LogP contribution is -2.41. The van der Waals surface area contributed by atoms with Gasteiger partial charge in [-0.25, -0.2) is 0 Å². The molecule has 3 nitrogen and oxygen atoms in total. The number of hydrogen-bond acceptors (Lipinski definition) is 2. The number of rotatable bonds is 4. The van der Waals surface area contributed by atoms with E-state index in [9.17, 15) is 4.79 Å². The summed E-state index contributed by atoms with van der Waals surface area (Å²) in [5.41, 5.74) is 3.76. The minimum Gasteiger partial charge on any atom is -0.484 e. The number of carbonyl (C=O) groups is 1. The first-order valence-corrected chi connectivity index (χ1v) is 8.89. The Bertz CT molecular complexity index is 877. The lowest BCUT2D eigenvalue weighted by molar-refractivity contribution is -0.134. The molecule has 1 atom stereocenters. The van der Waals surface area contributed by atoms with Crippen molar-refractivity contribution in [3.05, 3.63) is 102 Å². The summed E-state index contributed by atoms with van der Waals surface area (Å²) in [5.74, 6) is 0.934. The molecule has 0 spiro atoms. The number of amides is 1. The minimum atomic E-state index is 0.0179. The quantitative estimate of drug-likeness (QED) is 0.709. The molecule has 26 heavy (non-hydrogen) atoms. The zero-order valence-electron chi connectivity index (χ0n) is 14.5. The van der Waals surface area contributed by atoms with Crippen LogP contribution in [0.25, 0.3) is 0 Å². The van der Waals surface area contributed by atoms with Gasteiger partial charge in [0.25, 0.3) is 5.91 Å². The highest BCUT2D eigenvalue weighted by Crippen LogP contribution is 2.33. The zero-order valence-corrected chi connectivity index (χ0v) is 14.5. The van der Waals surface area contributed by atoms with E-state index in [0.29, 0.717) is 13.1 Å². The van der Waals surface area contributed by atoms with Crippen LogP contribution < -0.4 is 4.74 Å². The Balaban J connectivity index is 1.54. The van der Waals surface area contributed by atoms with E-state index in [2.05, 4.69) is 42.5 Å².